The fourth-order valence-electron chi connectivity index (χ4n) is 2.60. The van der Waals surface area contributed by atoms with Crippen LogP contribution in [0.25, 0.3) is 0 Å². The van der Waals surface area contributed by atoms with Crippen molar-refractivity contribution >= 4 is 0 Å². The fraction of sp³-hybridized carbons (Fsp3) is 1.00. The average Bonchev–Trinajstić information content (AvgIpc) is 2.62. The van der Waals surface area contributed by atoms with E-state index in [2.05, 4.69) is 0 Å². The maximum absolute atomic E-state index is 9.64. The third-order valence-electron chi connectivity index (χ3n) is 3.49. The third-order valence-corrected chi connectivity index (χ3v) is 3.49. The summed E-state index contributed by atoms with van der Waals surface area (Å²) in [5.41, 5.74) is -0.276. The van der Waals surface area contributed by atoms with Crippen LogP contribution in [0.15, 0.2) is 0 Å². The van der Waals surface area contributed by atoms with Gasteiger partial charge in [-0.3, -0.25) is 0 Å². The van der Waals surface area contributed by atoms with Gasteiger partial charge in [0.2, 0.25) is 0 Å². The zero-order valence-corrected chi connectivity index (χ0v) is 7.34. The smallest absolute Gasteiger partial charge is 0.0655 e. The van der Waals surface area contributed by atoms with E-state index in [1.807, 2.05) is 6.92 Å². The van der Waals surface area contributed by atoms with Crippen molar-refractivity contribution in [2.75, 3.05) is 0 Å². The SMILES string of the molecule is CC1(O)CC1C1CCCCC1. The van der Waals surface area contributed by atoms with Crippen LogP contribution in [-0.4, -0.2) is 10.7 Å². The molecule has 2 aliphatic rings. The van der Waals surface area contributed by atoms with Crippen LogP contribution < -0.4 is 0 Å². The highest BCUT2D eigenvalue weighted by molar-refractivity contribution is 5.03. The second-order valence-corrected chi connectivity index (χ2v) is 4.57. The molecule has 2 aliphatic carbocycles. The summed E-state index contributed by atoms with van der Waals surface area (Å²) in [5.74, 6) is 1.52. The molecule has 11 heavy (non-hydrogen) atoms. The second kappa shape index (κ2) is 2.48. The molecule has 1 heteroatoms. The molecule has 0 amide bonds. The molecule has 0 bridgehead atoms. The number of hydrogen-bond acceptors (Lipinski definition) is 1. The summed E-state index contributed by atoms with van der Waals surface area (Å²) in [5, 5.41) is 9.64. The van der Waals surface area contributed by atoms with E-state index in [4.69, 9.17) is 0 Å². The predicted octanol–water partition coefficient (Wildman–Crippen LogP) is 2.34. The summed E-state index contributed by atoms with van der Waals surface area (Å²) in [6.45, 7) is 1.99. The van der Waals surface area contributed by atoms with Gasteiger partial charge in [-0.15, -0.1) is 0 Å². The van der Waals surface area contributed by atoms with Crippen LogP contribution in [-0.2, 0) is 0 Å². The molecule has 2 rings (SSSR count). The van der Waals surface area contributed by atoms with Gasteiger partial charge in [0.25, 0.3) is 0 Å². The van der Waals surface area contributed by atoms with E-state index in [-0.39, 0.29) is 5.60 Å². The third kappa shape index (κ3) is 1.44. The van der Waals surface area contributed by atoms with Gasteiger partial charge in [0.05, 0.1) is 5.60 Å². The fourth-order valence-corrected chi connectivity index (χ4v) is 2.60. The molecule has 2 saturated carbocycles. The molecule has 1 nitrogen and oxygen atoms in total. The van der Waals surface area contributed by atoms with Gasteiger partial charge in [0.1, 0.15) is 0 Å². The Bertz CT molecular complexity index is 145. The Kier molecular flexibility index (Phi) is 1.71. The molecule has 0 spiro atoms. The first kappa shape index (κ1) is 7.60. The monoisotopic (exact) mass is 154 g/mol. The first-order valence-corrected chi connectivity index (χ1v) is 4.92. The lowest BCUT2D eigenvalue weighted by molar-refractivity contribution is 0.127. The number of rotatable bonds is 1. The van der Waals surface area contributed by atoms with Gasteiger partial charge >= 0.3 is 0 Å². The topological polar surface area (TPSA) is 20.2 Å². The summed E-state index contributed by atoms with van der Waals surface area (Å²) in [7, 11) is 0. The maximum atomic E-state index is 9.64. The van der Waals surface area contributed by atoms with Gasteiger partial charge in [0, 0.05) is 0 Å². The van der Waals surface area contributed by atoms with E-state index in [0.717, 1.165) is 12.3 Å². The lowest BCUT2D eigenvalue weighted by Gasteiger charge is -2.22. The van der Waals surface area contributed by atoms with E-state index in [9.17, 15) is 5.11 Å². The van der Waals surface area contributed by atoms with Gasteiger partial charge in [-0.05, 0) is 25.2 Å². The van der Waals surface area contributed by atoms with E-state index in [0.29, 0.717) is 5.92 Å². The van der Waals surface area contributed by atoms with Crippen LogP contribution in [0.4, 0.5) is 0 Å². The molecule has 0 saturated heterocycles. The molecule has 0 aromatic heterocycles. The summed E-state index contributed by atoms with van der Waals surface area (Å²) in [4.78, 5) is 0. The summed E-state index contributed by atoms with van der Waals surface area (Å²) >= 11 is 0. The van der Waals surface area contributed by atoms with Crippen molar-refractivity contribution in [3.05, 3.63) is 0 Å². The molecule has 64 valence electrons. The van der Waals surface area contributed by atoms with Crippen molar-refractivity contribution in [3.63, 3.8) is 0 Å². The average molecular weight is 154 g/mol. The summed E-state index contributed by atoms with van der Waals surface area (Å²) < 4.78 is 0. The van der Waals surface area contributed by atoms with Crippen LogP contribution in [0, 0.1) is 11.8 Å². The molecular formula is C10H18O. The van der Waals surface area contributed by atoms with Gasteiger partial charge < -0.3 is 5.11 Å². The molecule has 0 aromatic rings. The van der Waals surface area contributed by atoms with Crippen molar-refractivity contribution < 1.29 is 5.11 Å². The van der Waals surface area contributed by atoms with Crippen molar-refractivity contribution in [3.8, 4) is 0 Å². The minimum absolute atomic E-state index is 0.276. The Labute approximate surface area is 68.8 Å². The van der Waals surface area contributed by atoms with Crippen LogP contribution in [0.5, 0.6) is 0 Å². The van der Waals surface area contributed by atoms with Gasteiger partial charge in [0.15, 0.2) is 0 Å². The van der Waals surface area contributed by atoms with E-state index < -0.39 is 0 Å². The summed E-state index contributed by atoms with van der Waals surface area (Å²) in [6.07, 6.45) is 8.04. The normalized spacial score (nSPS) is 45.8. The molecule has 0 aliphatic heterocycles. The van der Waals surface area contributed by atoms with Crippen molar-refractivity contribution in [2.45, 2.75) is 51.0 Å². The Morgan fingerprint density at radius 2 is 1.73 bits per heavy atom. The van der Waals surface area contributed by atoms with Gasteiger partial charge in [-0.25, -0.2) is 0 Å². The Balaban J connectivity index is 1.86. The van der Waals surface area contributed by atoms with E-state index >= 15 is 0 Å². The quantitative estimate of drug-likeness (QED) is 0.614. The van der Waals surface area contributed by atoms with Gasteiger partial charge in [-0.1, -0.05) is 32.1 Å². The molecule has 0 heterocycles. The Hall–Kier alpha value is -0.0400. The lowest BCUT2D eigenvalue weighted by Crippen LogP contribution is -2.15. The van der Waals surface area contributed by atoms with Crippen LogP contribution in [0.1, 0.15) is 45.4 Å². The lowest BCUT2D eigenvalue weighted by atomic mass is 9.85. The minimum atomic E-state index is -0.276. The molecule has 1 N–H and O–H groups in total. The van der Waals surface area contributed by atoms with Crippen LogP contribution in [0.2, 0.25) is 0 Å². The highest BCUT2D eigenvalue weighted by Gasteiger charge is 2.52. The highest BCUT2D eigenvalue weighted by Crippen LogP contribution is 2.51. The largest absolute Gasteiger partial charge is 0.390 e. The maximum Gasteiger partial charge on any atom is 0.0655 e. The first-order chi connectivity index (χ1) is 5.20. The standard InChI is InChI=1S/C10H18O/c1-10(11)7-9(10)8-5-3-2-4-6-8/h8-9,11H,2-7H2,1H3. The Morgan fingerprint density at radius 1 is 1.18 bits per heavy atom. The minimum Gasteiger partial charge on any atom is -0.390 e. The zero-order chi connectivity index (χ0) is 7.90. The number of aliphatic hydroxyl groups is 1. The number of hydrogen-bond donors (Lipinski definition) is 1. The van der Waals surface area contributed by atoms with Gasteiger partial charge in [-0.2, -0.15) is 0 Å². The predicted molar refractivity (Wildman–Crippen MR) is 45.3 cm³/mol. The van der Waals surface area contributed by atoms with E-state index in [1.54, 1.807) is 0 Å². The van der Waals surface area contributed by atoms with Crippen LogP contribution >= 0.6 is 0 Å². The zero-order valence-electron chi connectivity index (χ0n) is 7.34. The molecule has 2 atom stereocenters. The van der Waals surface area contributed by atoms with Crippen LogP contribution in [0.3, 0.4) is 0 Å². The molecule has 0 radical (unpaired) electrons. The molecular weight excluding hydrogens is 136 g/mol. The van der Waals surface area contributed by atoms with Crippen molar-refractivity contribution in [1.29, 1.82) is 0 Å². The second-order valence-electron chi connectivity index (χ2n) is 4.57. The van der Waals surface area contributed by atoms with Crippen molar-refractivity contribution in [1.82, 2.24) is 0 Å². The van der Waals surface area contributed by atoms with E-state index in [1.165, 1.54) is 32.1 Å². The first-order valence-electron chi connectivity index (χ1n) is 4.92. The molecule has 0 aromatic carbocycles. The molecule has 2 fully saturated rings. The highest BCUT2D eigenvalue weighted by atomic mass is 16.3. The molecule has 2 unspecified atom stereocenters. The Morgan fingerprint density at radius 3 is 2.18 bits per heavy atom. The van der Waals surface area contributed by atoms with Crippen molar-refractivity contribution in [2.24, 2.45) is 11.8 Å². The summed E-state index contributed by atoms with van der Waals surface area (Å²) in [6, 6.07) is 0.